The zero-order valence-corrected chi connectivity index (χ0v) is 10.3. The summed E-state index contributed by atoms with van der Waals surface area (Å²) in [6, 6.07) is 3.91. The molecule has 2 N–H and O–H groups in total. The molecule has 0 saturated heterocycles. The molecule has 0 aliphatic rings. The lowest BCUT2D eigenvalue weighted by Gasteiger charge is -2.14. The highest BCUT2D eigenvalue weighted by Crippen LogP contribution is 2.27. The summed E-state index contributed by atoms with van der Waals surface area (Å²) >= 11 is 0. The minimum atomic E-state index is 0.171. The predicted molar refractivity (Wildman–Crippen MR) is 66.3 cm³/mol. The van der Waals surface area contributed by atoms with Crippen molar-refractivity contribution in [2.45, 2.75) is 34.1 Å². The van der Waals surface area contributed by atoms with E-state index < -0.39 is 0 Å². The fraction of sp³-hybridized carbons (Fsp3) is 0.462. The molecule has 0 spiro atoms. The van der Waals surface area contributed by atoms with Crippen LogP contribution in [0.2, 0.25) is 0 Å². The van der Waals surface area contributed by atoms with Gasteiger partial charge in [0, 0.05) is 6.42 Å². The van der Waals surface area contributed by atoms with Crippen LogP contribution in [-0.4, -0.2) is 4.98 Å². The van der Waals surface area contributed by atoms with Gasteiger partial charge in [-0.15, -0.1) is 0 Å². The Hall–Kier alpha value is -1.51. The second-order valence-electron chi connectivity index (χ2n) is 5.55. The second kappa shape index (κ2) is 3.51. The smallest absolute Gasteiger partial charge is 0.196 e. The van der Waals surface area contributed by atoms with Gasteiger partial charge in [-0.3, -0.25) is 0 Å². The lowest BCUT2D eigenvalue weighted by Crippen LogP contribution is -2.09. The van der Waals surface area contributed by atoms with Crippen LogP contribution in [-0.2, 0) is 6.42 Å². The SMILES string of the molecule is Cc1cc(N)c2oc(CC(C)(C)C)nc2c1. The van der Waals surface area contributed by atoms with Crippen molar-refractivity contribution in [3.8, 4) is 0 Å². The molecule has 0 atom stereocenters. The Morgan fingerprint density at radius 3 is 2.62 bits per heavy atom. The molecule has 0 amide bonds. The van der Waals surface area contributed by atoms with E-state index in [1.165, 1.54) is 0 Å². The number of benzene rings is 1. The van der Waals surface area contributed by atoms with E-state index in [1.807, 2.05) is 19.1 Å². The summed E-state index contributed by atoms with van der Waals surface area (Å²) in [5.41, 5.74) is 9.42. The van der Waals surface area contributed by atoms with Gasteiger partial charge in [0.05, 0.1) is 5.69 Å². The molecular weight excluding hydrogens is 200 g/mol. The van der Waals surface area contributed by atoms with Crippen molar-refractivity contribution < 1.29 is 4.42 Å². The average molecular weight is 218 g/mol. The quantitative estimate of drug-likeness (QED) is 0.747. The van der Waals surface area contributed by atoms with Crippen molar-refractivity contribution in [2.24, 2.45) is 5.41 Å². The number of anilines is 1. The maximum absolute atomic E-state index is 5.90. The Bertz CT molecular complexity index is 520. The second-order valence-corrected chi connectivity index (χ2v) is 5.55. The Labute approximate surface area is 95.7 Å². The molecule has 3 heteroatoms. The first-order chi connectivity index (χ1) is 7.35. The third-order valence-corrected chi connectivity index (χ3v) is 2.39. The molecule has 2 aromatic rings. The van der Waals surface area contributed by atoms with E-state index in [9.17, 15) is 0 Å². The fourth-order valence-corrected chi connectivity index (χ4v) is 1.78. The van der Waals surface area contributed by atoms with Gasteiger partial charge >= 0.3 is 0 Å². The van der Waals surface area contributed by atoms with E-state index in [2.05, 4.69) is 25.8 Å². The topological polar surface area (TPSA) is 52.0 Å². The number of hydrogen-bond acceptors (Lipinski definition) is 3. The Morgan fingerprint density at radius 1 is 1.31 bits per heavy atom. The molecule has 1 heterocycles. The number of hydrogen-bond donors (Lipinski definition) is 1. The highest BCUT2D eigenvalue weighted by molar-refractivity contribution is 5.85. The largest absolute Gasteiger partial charge is 0.438 e. The van der Waals surface area contributed by atoms with E-state index in [4.69, 9.17) is 10.2 Å². The van der Waals surface area contributed by atoms with E-state index in [0.717, 1.165) is 23.4 Å². The van der Waals surface area contributed by atoms with Gasteiger partial charge in [-0.2, -0.15) is 0 Å². The third-order valence-electron chi connectivity index (χ3n) is 2.39. The molecule has 3 nitrogen and oxygen atoms in total. The Balaban J connectivity index is 2.48. The van der Waals surface area contributed by atoms with Gasteiger partial charge < -0.3 is 10.2 Å². The van der Waals surface area contributed by atoms with Crippen LogP contribution in [0.15, 0.2) is 16.5 Å². The van der Waals surface area contributed by atoms with Crippen LogP contribution < -0.4 is 5.73 Å². The monoisotopic (exact) mass is 218 g/mol. The molecule has 0 unspecified atom stereocenters. The summed E-state index contributed by atoms with van der Waals surface area (Å²) < 4.78 is 5.69. The number of oxazole rings is 1. The molecular formula is C13H18N2O. The van der Waals surface area contributed by atoms with Crippen molar-refractivity contribution in [2.75, 3.05) is 5.73 Å². The molecule has 16 heavy (non-hydrogen) atoms. The van der Waals surface area contributed by atoms with Crippen LogP contribution in [0.5, 0.6) is 0 Å². The first kappa shape index (κ1) is 11.0. The van der Waals surface area contributed by atoms with Gasteiger partial charge in [0.15, 0.2) is 11.5 Å². The first-order valence-electron chi connectivity index (χ1n) is 5.51. The Kier molecular flexibility index (Phi) is 2.41. The van der Waals surface area contributed by atoms with Crippen molar-refractivity contribution in [1.29, 1.82) is 0 Å². The van der Waals surface area contributed by atoms with Crippen molar-refractivity contribution in [3.05, 3.63) is 23.6 Å². The van der Waals surface area contributed by atoms with Gasteiger partial charge in [0.25, 0.3) is 0 Å². The van der Waals surface area contributed by atoms with Crippen molar-refractivity contribution in [1.82, 2.24) is 4.98 Å². The molecule has 0 fully saturated rings. The molecule has 0 aliphatic heterocycles. The van der Waals surface area contributed by atoms with Crippen LogP contribution in [0.25, 0.3) is 11.1 Å². The summed E-state index contributed by atoms with van der Waals surface area (Å²) in [4.78, 5) is 4.47. The first-order valence-corrected chi connectivity index (χ1v) is 5.51. The molecule has 86 valence electrons. The lowest BCUT2D eigenvalue weighted by atomic mass is 9.92. The summed E-state index contributed by atoms with van der Waals surface area (Å²) in [6.45, 7) is 8.50. The highest BCUT2D eigenvalue weighted by atomic mass is 16.3. The van der Waals surface area contributed by atoms with Crippen LogP contribution in [0.3, 0.4) is 0 Å². The summed E-state index contributed by atoms with van der Waals surface area (Å²) in [7, 11) is 0. The standard InChI is InChI=1S/C13H18N2O/c1-8-5-9(14)12-10(6-8)15-11(16-12)7-13(2,3)4/h5-6H,7,14H2,1-4H3. The van der Waals surface area contributed by atoms with Gasteiger partial charge in [-0.25, -0.2) is 4.98 Å². The minimum absolute atomic E-state index is 0.171. The van der Waals surface area contributed by atoms with Gasteiger partial charge in [-0.05, 0) is 30.0 Å². The predicted octanol–water partition coefficient (Wildman–Crippen LogP) is 3.31. The highest BCUT2D eigenvalue weighted by Gasteiger charge is 2.17. The number of aryl methyl sites for hydroxylation is 1. The maximum Gasteiger partial charge on any atom is 0.196 e. The maximum atomic E-state index is 5.90. The molecule has 2 rings (SSSR count). The van der Waals surface area contributed by atoms with E-state index in [1.54, 1.807) is 0 Å². The van der Waals surface area contributed by atoms with Crippen LogP contribution in [0, 0.1) is 12.3 Å². The van der Waals surface area contributed by atoms with Crippen molar-refractivity contribution >= 4 is 16.8 Å². The Morgan fingerprint density at radius 2 is 2.00 bits per heavy atom. The average Bonchev–Trinajstić information content (AvgIpc) is 2.43. The van der Waals surface area contributed by atoms with Crippen LogP contribution in [0.1, 0.15) is 32.2 Å². The molecule has 0 bridgehead atoms. The van der Waals surface area contributed by atoms with E-state index in [0.29, 0.717) is 11.3 Å². The molecule has 1 aromatic carbocycles. The van der Waals surface area contributed by atoms with Crippen LogP contribution in [0.4, 0.5) is 5.69 Å². The number of rotatable bonds is 1. The number of fused-ring (bicyclic) bond motifs is 1. The number of aromatic nitrogens is 1. The van der Waals surface area contributed by atoms with E-state index in [-0.39, 0.29) is 5.41 Å². The van der Waals surface area contributed by atoms with Gasteiger partial charge in [-0.1, -0.05) is 20.8 Å². The number of nitrogen functional groups attached to an aromatic ring is 1. The summed E-state index contributed by atoms with van der Waals surface area (Å²) in [5, 5.41) is 0. The van der Waals surface area contributed by atoms with Gasteiger partial charge in [0.1, 0.15) is 5.52 Å². The van der Waals surface area contributed by atoms with E-state index >= 15 is 0 Å². The third kappa shape index (κ3) is 2.18. The summed E-state index contributed by atoms with van der Waals surface area (Å²) in [6.07, 6.45) is 0.820. The number of nitrogens with two attached hydrogens (primary N) is 1. The lowest BCUT2D eigenvalue weighted by molar-refractivity contribution is 0.362. The summed E-state index contributed by atoms with van der Waals surface area (Å²) in [5.74, 6) is 0.764. The normalized spacial score (nSPS) is 12.2. The van der Waals surface area contributed by atoms with Gasteiger partial charge in [0.2, 0.25) is 0 Å². The van der Waals surface area contributed by atoms with Crippen LogP contribution >= 0.6 is 0 Å². The molecule has 0 radical (unpaired) electrons. The van der Waals surface area contributed by atoms with Crippen molar-refractivity contribution in [3.63, 3.8) is 0 Å². The minimum Gasteiger partial charge on any atom is -0.438 e. The number of nitrogens with zero attached hydrogens (tertiary/aromatic N) is 1. The zero-order valence-electron chi connectivity index (χ0n) is 10.3. The molecule has 0 aliphatic carbocycles. The molecule has 1 aromatic heterocycles. The molecule has 0 saturated carbocycles. The zero-order chi connectivity index (χ0) is 11.9. The fourth-order valence-electron chi connectivity index (χ4n) is 1.78.